The molecule has 0 spiro atoms. The average Bonchev–Trinajstić information content (AvgIpc) is 2.79. The first-order chi connectivity index (χ1) is 7.75. The van der Waals surface area contributed by atoms with Crippen LogP contribution in [0.2, 0.25) is 0 Å². The maximum absolute atomic E-state index is 11.0. The number of H-pyrrole nitrogens is 1. The van der Waals surface area contributed by atoms with Crippen molar-refractivity contribution in [1.29, 1.82) is 0 Å². The maximum Gasteiger partial charge on any atom is 0.250 e. The number of rotatable bonds is 4. The van der Waals surface area contributed by atoms with Crippen LogP contribution in [0, 0.1) is 0 Å². The Morgan fingerprint density at radius 2 is 2.31 bits per heavy atom. The molecule has 16 heavy (non-hydrogen) atoms. The van der Waals surface area contributed by atoms with E-state index in [2.05, 4.69) is 15.0 Å². The Morgan fingerprint density at radius 1 is 1.44 bits per heavy atom. The molecule has 2 aromatic heterocycles. The van der Waals surface area contributed by atoms with Gasteiger partial charge >= 0.3 is 0 Å². The summed E-state index contributed by atoms with van der Waals surface area (Å²) < 4.78 is 0. The number of anilines is 1. The first-order valence-corrected chi connectivity index (χ1v) is 5.78. The second kappa shape index (κ2) is 4.89. The molecule has 6 heteroatoms. The molecule has 2 aromatic rings. The molecule has 0 saturated heterocycles. The van der Waals surface area contributed by atoms with Gasteiger partial charge in [0.1, 0.15) is 5.82 Å². The smallest absolute Gasteiger partial charge is 0.250 e. The van der Waals surface area contributed by atoms with Gasteiger partial charge < -0.3 is 9.88 Å². The summed E-state index contributed by atoms with van der Waals surface area (Å²) in [6, 6.07) is 1.41. The van der Waals surface area contributed by atoms with Gasteiger partial charge in [-0.05, 0) is 0 Å². The van der Waals surface area contributed by atoms with Crippen LogP contribution in [0.5, 0.6) is 0 Å². The second-order valence-corrected chi connectivity index (χ2v) is 4.24. The Balaban J connectivity index is 1.95. The summed E-state index contributed by atoms with van der Waals surface area (Å²) in [6.07, 6.45) is 4.00. The van der Waals surface area contributed by atoms with Crippen LogP contribution in [0.1, 0.15) is 5.82 Å². The molecule has 5 nitrogen and oxygen atoms in total. The van der Waals surface area contributed by atoms with Crippen LogP contribution in [0.4, 0.5) is 5.13 Å². The highest BCUT2D eigenvalue weighted by molar-refractivity contribution is 7.13. The van der Waals surface area contributed by atoms with Crippen LogP contribution in [0.15, 0.2) is 28.6 Å². The molecule has 0 aliphatic rings. The Hall–Kier alpha value is -1.69. The monoisotopic (exact) mass is 236 g/mol. The van der Waals surface area contributed by atoms with E-state index in [9.17, 15) is 4.79 Å². The molecule has 1 N–H and O–H groups in total. The van der Waals surface area contributed by atoms with Crippen molar-refractivity contribution in [3.05, 3.63) is 40.0 Å². The SMILES string of the molecule is CN(CCc1nccc(=O)[nH]1)c1nccs1. The summed E-state index contributed by atoms with van der Waals surface area (Å²) in [6.45, 7) is 0.778. The summed E-state index contributed by atoms with van der Waals surface area (Å²) >= 11 is 1.59. The van der Waals surface area contributed by atoms with Gasteiger partial charge in [-0.25, -0.2) is 9.97 Å². The van der Waals surface area contributed by atoms with Crippen molar-refractivity contribution in [2.45, 2.75) is 6.42 Å². The van der Waals surface area contributed by atoms with Crippen molar-refractivity contribution in [3.8, 4) is 0 Å². The van der Waals surface area contributed by atoms with Crippen LogP contribution in [-0.4, -0.2) is 28.5 Å². The molecular formula is C10H12N4OS. The van der Waals surface area contributed by atoms with E-state index in [0.717, 1.165) is 11.7 Å². The number of aromatic nitrogens is 3. The predicted molar refractivity (Wildman–Crippen MR) is 63.9 cm³/mol. The van der Waals surface area contributed by atoms with Gasteiger partial charge in [-0.15, -0.1) is 11.3 Å². The van der Waals surface area contributed by atoms with Crippen molar-refractivity contribution in [2.75, 3.05) is 18.5 Å². The molecule has 2 heterocycles. The van der Waals surface area contributed by atoms with Crippen molar-refractivity contribution >= 4 is 16.5 Å². The molecule has 84 valence electrons. The van der Waals surface area contributed by atoms with Gasteiger partial charge in [0.2, 0.25) is 0 Å². The molecule has 0 aromatic carbocycles. The second-order valence-electron chi connectivity index (χ2n) is 3.37. The van der Waals surface area contributed by atoms with E-state index in [1.165, 1.54) is 12.3 Å². The van der Waals surface area contributed by atoms with Gasteiger partial charge in [-0.2, -0.15) is 0 Å². The van der Waals surface area contributed by atoms with E-state index < -0.39 is 0 Å². The zero-order chi connectivity index (χ0) is 11.4. The lowest BCUT2D eigenvalue weighted by molar-refractivity contribution is 0.809. The van der Waals surface area contributed by atoms with Crippen LogP contribution >= 0.6 is 11.3 Å². The molecule has 0 radical (unpaired) electrons. The van der Waals surface area contributed by atoms with E-state index >= 15 is 0 Å². The molecule has 0 aliphatic carbocycles. The number of hydrogen-bond donors (Lipinski definition) is 1. The number of aromatic amines is 1. The number of thiazole rings is 1. The Bertz CT molecular complexity index is 494. The lowest BCUT2D eigenvalue weighted by Crippen LogP contribution is -2.22. The summed E-state index contributed by atoms with van der Waals surface area (Å²) in [5, 5.41) is 2.91. The van der Waals surface area contributed by atoms with E-state index in [4.69, 9.17) is 0 Å². The van der Waals surface area contributed by atoms with Gasteiger partial charge in [-0.1, -0.05) is 0 Å². The fraction of sp³-hybridized carbons (Fsp3) is 0.300. The third-order valence-electron chi connectivity index (χ3n) is 2.15. The maximum atomic E-state index is 11.0. The highest BCUT2D eigenvalue weighted by Crippen LogP contribution is 2.15. The predicted octanol–water partition coefficient (Wildman–Crippen LogP) is 0.905. The fourth-order valence-corrected chi connectivity index (χ4v) is 1.95. The summed E-state index contributed by atoms with van der Waals surface area (Å²) in [4.78, 5) is 24.1. The normalized spacial score (nSPS) is 10.3. The largest absolute Gasteiger partial charge is 0.351 e. The Labute approximate surface area is 96.8 Å². The fourth-order valence-electron chi connectivity index (χ4n) is 1.31. The van der Waals surface area contributed by atoms with E-state index in [1.807, 2.05) is 17.3 Å². The van der Waals surface area contributed by atoms with E-state index in [-0.39, 0.29) is 5.56 Å². The molecule has 0 saturated carbocycles. The van der Waals surface area contributed by atoms with Crippen molar-refractivity contribution < 1.29 is 0 Å². The van der Waals surface area contributed by atoms with Crippen LogP contribution in [0.25, 0.3) is 0 Å². The average molecular weight is 236 g/mol. The van der Waals surface area contributed by atoms with Crippen LogP contribution in [0.3, 0.4) is 0 Å². The quantitative estimate of drug-likeness (QED) is 0.857. The minimum atomic E-state index is -0.109. The van der Waals surface area contributed by atoms with Gasteiger partial charge in [0, 0.05) is 43.9 Å². The lowest BCUT2D eigenvalue weighted by atomic mass is 10.4. The minimum Gasteiger partial charge on any atom is -0.351 e. The first kappa shape index (κ1) is 10.8. The number of nitrogens with zero attached hydrogens (tertiary/aromatic N) is 3. The standard InChI is InChI=1S/C10H12N4OS/c1-14(10-12-5-7-16-10)6-3-8-11-4-2-9(15)13-8/h2,4-5,7H,3,6H2,1H3,(H,11,13,15). The van der Waals surface area contributed by atoms with Gasteiger partial charge in [0.25, 0.3) is 5.56 Å². The minimum absolute atomic E-state index is 0.109. The summed E-state index contributed by atoms with van der Waals surface area (Å²) in [5.41, 5.74) is -0.109. The third-order valence-corrected chi connectivity index (χ3v) is 3.04. The van der Waals surface area contributed by atoms with Crippen LogP contribution < -0.4 is 10.5 Å². The van der Waals surface area contributed by atoms with Gasteiger partial charge in [0.15, 0.2) is 5.13 Å². The molecule has 2 rings (SSSR count). The van der Waals surface area contributed by atoms with E-state index in [1.54, 1.807) is 17.5 Å². The lowest BCUT2D eigenvalue weighted by Gasteiger charge is -2.14. The first-order valence-electron chi connectivity index (χ1n) is 4.90. The van der Waals surface area contributed by atoms with Gasteiger partial charge in [0.05, 0.1) is 0 Å². The van der Waals surface area contributed by atoms with Gasteiger partial charge in [-0.3, -0.25) is 4.79 Å². The number of hydrogen-bond acceptors (Lipinski definition) is 5. The Morgan fingerprint density at radius 3 is 3.00 bits per heavy atom. The number of nitrogens with one attached hydrogen (secondary N) is 1. The highest BCUT2D eigenvalue weighted by atomic mass is 32.1. The zero-order valence-corrected chi connectivity index (χ0v) is 9.70. The van der Waals surface area contributed by atoms with Crippen LogP contribution in [-0.2, 0) is 6.42 Å². The van der Waals surface area contributed by atoms with Crippen molar-refractivity contribution in [3.63, 3.8) is 0 Å². The van der Waals surface area contributed by atoms with Crippen molar-refractivity contribution in [1.82, 2.24) is 15.0 Å². The number of likely N-dealkylation sites (N-methyl/N-ethyl adjacent to an activating group) is 1. The molecule has 0 amide bonds. The topological polar surface area (TPSA) is 61.9 Å². The van der Waals surface area contributed by atoms with Crippen molar-refractivity contribution in [2.24, 2.45) is 0 Å². The molecule has 0 atom stereocenters. The summed E-state index contributed by atoms with van der Waals surface area (Å²) in [5.74, 6) is 0.705. The molecule has 0 fully saturated rings. The third kappa shape index (κ3) is 2.66. The zero-order valence-electron chi connectivity index (χ0n) is 8.88. The molecular weight excluding hydrogens is 224 g/mol. The molecule has 0 aliphatic heterocycles. The summed E-state index contributed by atoms with van der Waals surface area (Å²) in [7, 11) is 1.97. The Kier molecular flexibility index (Phi) is 3.31. The molecule has 0 bridgehead atoms. The highest BCUT2D eigenvalue weighted by Gasteiger charge is 2.04. The molecule has 0 unspecified atom stereocenters. The van der Waals surface area contributed by atoms with E-state index in [0.29, 0.717) is 12.2 Å².